The van der Waals surface area contributed by atoms with Gasteiger partial charge < -0.3 is 24.0 Å². The lowest BCUT2D eigenvalue weighted by Crippen LogP contribution is -2.54. The van der Waals surface area contributed by atoms with Crippen LogP contribution >= 0.6 is 0 Å². The number of rotatable bonds is 7. The molecule has 0 N–H and O–H groups in total. The van der Waals surface area contributed by atoms with Gasteiger partial charge in [0, 0.05) is 18.3 Å². The molecule has 1 aliphatic heterocycles. The Balaban J connectivity index is 1.65. The fraction of sp³-hybridized carbons (Fsp3) is 0.333. The fourth-order valence-electron chi connectivity index (χ4n) is 3.18. The van der Waals surface area contributed by atoms with Crippen molar-refractivity contribution >= 4 is 17.5 Å². The molecule has 0 unspecified atom stereocenters. The van der Waals surface area contributed by atoms with Gasteiger partial charge in [-0.3, -0.25) is 9.59 Å². The van der Waals surface area contributed by atoms with E-state index < -0.39 is 0 Å². The number of amides is 2. The Labute approximate surface area is 164 Å². The van der Waals surface area contributed by atoms with Crippen LogP contribution in [0.4, 0.5) is 5.69 Å². The van der Waals surface area contributed by atoms with Crippen LogP contribution in [-0.4, -0.2) is 57.7 Å². The van der Waals surface area contributed by atoms with Crippen molar-refractivity contribution in [1.82, 2.24) is 4.90 Å². The Morgan fingerprint density at radius 3 is 2.36 bits per heavy atom. The first-order chi connectivity index (χ1) is 13.5. The number of anilines is 1. The Morgan fingerprint density at radius 1 is 0.857 bits per heavy atom. The molecule has 0 atom stereocenters. The molecule has 0 saturated carbocycles. The fourth-order valence-corrected chi connectivity index (χ4v) is 3.18. The molecule has 2 amide bonds. The van der Waals surface area contributed by atoms with E-state index in [1.165, 1.54) is 4.90 Å². The number of carbonyl (C=O) groups is 2. The predicted molar refractivity (Wildman–Crippen MR) is 105 cm³/mol. The lowest BCUT2D eigenvalue weighted by molar-refractivity contribution is -0.138. The average Bonchev–Trinajstić information content (AvgIpc) is 2.73. The van der Waals surface area contributed by atoms with Crippen molar-refractivity contribution in [3.8, 4) is 17.2 Å². The average molecular weight is 384 g/mol. The zero-order valence-electron chi connectivity index (χ0n) is 16.3. The maximum Gasteiger partial charge on any atom is 0.247 e. The Morgan fingerprint density at radius 2 is 1.64 bits per heavy atom. The molecule has 0 radical (unpaired) electrons. The summed E-state index contributed by atoms with van der Waals surface area (Å²) in [6.07, 6.45) is 0.624. The van der Waals surface area contributed by atoms with Gasteiger partial charge in [-0.25, -0.2) is 0 Å². The summed E-state index contributed by atoms with van der Waals surface area (Å²) in [5, 5.41) is 0. The van der Waals surface area contributed by atoms with E-state index in [0.717, 1.165) is 5.56 Å². The van der Waals surface area contributed by atoms with Crippen LogP contribution in [0.2, 0.25) is 0 Å². The first-order valence-electron chi connectivity index (χ1n) is 8.98. The Hall–Kier alpha value is -3.22. The van der Waals surface area contributed by atoms with Gasteiger partial charge in [0.25, 0.3) is 0 Å². The normalized spacial score (nSPS) is 14.2. The van der Waals surface area contributed by atoms with Crippen molar-refractivity contribution < 1.29 is 23.8 Å². The molecule has 0 aliphatic carbocycles. The van der Waals surface area contributed by atoms with Gasteiger partial charge in [0.15, 0.2) is 11.5 Å². The highest BCUT2D eigenvalue weighted by molar-refractivity contribution is 6.04. The number of piperazine rings is 1. The van der Waals surface area contributed by atoms with Gasteiger partial charge in [-0.1, -0.05) is 12.1 Å². The van der Waals surface area contributed by atoms with Gasteiger partial charge in [0.05, 0.1) is 21.3 Å². The van der Waals surface area contributed by atoms with Crippen LogP contribution in [0.25, 0.3) is 0 Å². The van der Waals surface area contributed by atoms with Crippen LogP contribution in [0.5, 0.6) is 17.2 Å². The van der Waals surface area contributed by atoms with E-state index in [2.05, 4.69) is 0 Å². The van der Waals surface area contributed by atoms with E-state index in [1.807, 2.05) is 18.2 Å². The lowest BCUT2D eigenvalue weighted by atomic mass is 10.1. The van der Waals surface area contributed by atoms with E-state index >= 15 is 0 Å². The van der Waals surface area contributed by atoms with Crippen LogP contribution in [0, 0.1) is 0 Å². The van der Waals surface area contributed by atoms with Crippen LogP contribution in [0.1, 0.15) is 5.56 Å². The van der Waals surface area contributed by atoms with Crippen LogP contribution in [-0.2, 0) is 16.0 Å². The van der Waals surface area contributed by atoms with Crippen molar-refractivity contribution in [1.29, 1.82) is 0 Å². The van der Waals surface area contributed by atoms with E-state index in [9.17, 15) is 9.59 Å². The Kier molecular flexibility index (Phi) is 6.03. The number of carbonyl (C=O) groups excluding carboxylic acids is 2. The molecule has 3 rings (SSSR count). The Bertz CT molecular complexity index is 868. The smallest absolute Gasteiger partial charge is 0.247 e. The number of hydrogen-bond acceptors (Lipinski definition) is 5. The monoisotopic (exact) mass is 384 g/mol. The van der Waals surface area contributed by atoms with Crippen molar-refractivity contribution in [3.63, 3.8) is 0 Å². The van der Waals surface area contributed by atoms with E-state index in [1.54, 1.807) is 50.5 Å². The minimum atomic E-state index is -0.111. The third-order valence-electron chi connectivity index (χ3n) is 4.76. The minimum Gasteiger partial charge on any atom is -0.497 e. The van der Waals surface area contributed by atoms with Crippen molar-refractivity contribution in [2.45, 2.75) is 6.42 Å². The molecule has 0 aromatic heterocycles. The predicted octanol–water partition coefficient (Wildman–Crippen LogP) is 2.13. The first-order valence-corrected chi connectivity index (χ1v) is 8.98. The molecule has 7 heteroatoms. The first kappa shape index (κ1) is 19.5. The van der Waals surface area contributed by atoms with Crippen LogP contribution in [0.15, 0.2) is 42.5 Å². The van der Waals surface area contributed by atoms with E-state index in [-0.39, 0.29) is 24.9 Å². The summed E-state index contributed by atoms with van der Waals surface area (Å²) in [5.74, 6) is 1.76. The number of benzene rings is 2. The van der Waals surface area contributed by atoms with Gasteiger partial charge in [-0.2, -0.15) is 0 Å². The largest absolute Gasteiger partial charge is 0.497 e. The lowest BCUT2D eigenvalue weighted by Gasteiger charge is -2.34. The number of nitrogens with zero attached hydrogens (tertiary/aromatic N) is 2. The summed E-state index contributed by atoms with van der Waals surface area (Å²) in [4.78, 5) is 28.3. The maximum atomic E-state index is 12.6. The molecule has 1 fully saturated rings. The third-order valence-corrected chi connectivity index (χ3v) is 4.76. The standard InChI is InChI=1S/C21H24N2O5/c1-26-17-6-4-5-16(12-17)23-14-20(24)22(13-21(23)25)10-9-15-7-8-18(27-2)19(11-15)28-3/h4-8,11-12H,9-10,13-14H2,1-3H3. The highest BCUT2D eigenvalue weighted by Crippen LogP contribution is 2.28. The minimum absolute atomic E-state index is 0.0257. The molecule has 7 nitrogen and oxygen atoms in total. The van der Waals surface area contributed by atoms with Gasteiger partial charge in [-0.05, 0) is 36.2 Å². The van der Waals surface area contributed by atoms with Gasteiger partial charge >= 0.3 is 0 Å². The summed E-state index contributed by atoms with van der Waals surface area (Å²) >= 11 is 0. The summed E-state index contributed by atoms with van der Waals surface area (Å²) in [6, 6.07) is 12.8. The zero-order valence-corrected chi connectivity index (χ0v) is 16.3. The van der Waals surface area contributed by atoms with Gasteiger partial charge in [-0.15, -0.1) is 0 Å². The van der Waals surface area contributed by atoms with Crippen LogP contribution in [0.3, 0.4) is 0 Å². The quantitative estimate of drug-likeness (QED) is 0.732. The zero-order chi connectivity index (χ0) is 20.1. The summed E-state index contributed by atoms with van der Waals surface area (Å²) in [7, 11) is 4.74. The molecule has 2 aromatic rings. The van der Waals surface area contributed by atoms with Crippen molar-refractivity contribution in [2.24, 2.45) is 0 Å². The third kappa shape index (κ3) is 4.19. The molecular weight excluding hydrogens is 360 g/mol. The van der Waals surface area contributed by atoms with Gasteiger partial charge in [0.1, 0.15) is 18.8 Å². The van der Waals surface area contributed by atoms with Crippen molar-refractivity contribution in [3.05, 3.63) is 48.0 Å². The molecule has 1 saturated heterocycles. The number of hydrogen-bond donors (Lipinski definition) is 0. The molecular formula is C21H24N2O5. The SMILES string of the molecule is COc1cccc(N2CC(=O)N(CCc3ccc(OC)c(OC)c3)CC2=O)c1. The maximum absolute atomic E-state index is 12.6. The van der Waals surface area contributed by atoms with E-state index in [4.69, 9.17) is 14.2 Å². The van der Waals surface area contributed by atoms with Crippen molar-refractivity contribution in [2.75, 3.05) is 45.9 Å². The molecule has 0 spiro atoms. The number of ether oxygens (including phenoxy) is 3. The topological polar surface area (TPSA) is 68.3 Å². The second-order valence-electron chi connectivity index (χ2n) is 6.44. The summed E-state index contributed by atoms with van der Waals surface area (Å²) in [5.41, 5.74) is 1.67. The molecule has 148 valence electrons. The second-order valence-corrected chi connectivity index (χ2v) is 6.44. The van der Waals surface area contributed by atoms with Crippen LogP contribution < -0.4 is 19.1 Å². The summed E-state index contributed by atoms with van der Waals surface area (Å²) in [6.45, 7) is 0.549. The molecule has 28 heavy (non-hydrogen) atoms. The van der Waals surface area contributed by atoms with Gasteiger partial charge in [0.2, 0.25) is 11.8 Å². The second kappa shape index (κ2) is 8.65. The molecule has 0 bridgehead atoms. The highest BCUT2D eigenvalue weighted by Gasteiger charge is 2.30. The molecule has 1 aliphatic rings. The molecule has 1 heterocycles. The van der Waals surface area contributed by atoms with E-state index in [0.29, 0.717) is 35.9 Å². The summed E-state index contributed by atoms with van der Waals surface area (Å²) < 4.78 is 15.8. The molecule has 2 aromatic carbocycles. The number of methoxy groups -OCH3 is 3. The highest BCUT2D eigenvalue weighted by atomic mass is 16.5.